The van der Waals surface area contributed by atoms with Gasteiger partial charge in [-0.1, -0.05) is 13.8 Å². The molecule has 1 aliphatic rings. The Bertz CT molecular complexity index is 309. The molecule has 1 heterocycles. The second-order valence-electron chi connectivity index (χ2n) is 5.05. The zero-order valence-corrected chi connectivity index (χ0v) is 13.0. The molecule has 0 aromatic rings. The van der Waals surface area contributed by atoms with Crippen molar-refractivity contribution in [2.45, 2.75) is 57.2 Å². The van der Waals surface area contributed by atoms with Gasteiger partial charge in [0.05, 0.1) is 19.3 Å². The van der Waals surface area contributed by atoms with Crippen LogP contribution in [0.1, 0.15) is 46.0 Å². The summed E-state index contributed by atoms with van der Waals surface area (Å²) in [6.45, 7) is 4.99. The minimum Gasteiger partial charge on any atom is -0.469 e. The molecular weight excluding hydrogens is 262 g/mol. The van der Waals surface area contributed by atoms with Crippen molar-refractivity contribution in [1.29, 1.82) is 0 Å². The molecule has 0 spiro atoms. The predicted molar refractivity (Wildman–Crippen MR) is 78.2 cm³/mol. The Morgan fingerprint density at radius 2 is 2.16 bits per heavy atom. The van der Waals surface area contributed by atoms with Gasteiger partial charge in [-0.3, -0.25) is 9.59 Å². The van der Waals surface area contributed by atoms with Crippen LogP contribution in [0.3, 0.4) is 0 Å². The number of carbonyl (C=O) groups is 2. The number of piperidine rings is 1. The molecule has 19 heavy (non-hydrogen) atoms. The quantitative estimate of drug-likeness (QED) is 0.704. The van der Waals surface area contributed by atoms with Crippen LogP contribution in [0.25, 0.3) is 0 Å². The first kappa shape index (κ1) is 16.3. The second-order valence-corrected chi connectivity index (χ2v) is 6.47. The number of likely N-dealkylation sites (tertiary alicyclic amines) is 1. The summed E-state index contributed by atoms with van der Waals surface area (Å²) in [6, 6.07) is 0.415. The highest BCUT2D eigenvalue weighted by molar-refractivity contribution is 8.00. The number of rotatable bonds is 6. The molecular formula is C14H25NO3S. The van der Waals surface area contributed by atoms with Crippen molar-refractivity contribution in [1.82, 2.24) is 4.90 Å². The third-order valence-corrected chi connectivity index (χ3v) is 4.74. The van der Waals surface area contributed by atoms with E-state index < -0.39 is 0 Å². The summed E-state index contributed by atoms with van der Waals surface area (Å²) in [6.07, 6.45) is 4.88. The van der Waals surface area contributed by atoms with E-state index in [4.69, 9.17) is 0 Å². The fraction of sp³-hybridized carbons (Fsp3) is 0.857. The largest absolute Gasteiger partial charge is 0.469 e. The van der Waals surface area contributed by atoms with E-state index in [9.17, 15) is 9.59 Å². The number of hydrogen-bond acceptors (Lipinski definition) is 4. The van der Waals surface area contributed by atoms with Gasteiger partial charge in [0.15, 0.2) is 0 Å². The Labute approximate surface area is 120 Å². The van der Waals surface area contributed by atoms with Crippen LogP contribution in [-0.2, 0) is 14.3 Å². The predicted octanol–water partition coefficient (Wildman–Crippen LogP) is 2.46. The van der Waals surface area contributed by atoms with E-state index in [2.05, 4.69) is 11.7 Å². The molecule has 0 aliphatic carbocycles. The van der Waals surface area contributed by atoms with Crippen molar-refractivity contribution in [3.63, 3.8) is 0 Å². The zero-order chi connectivity index (χ0) is 14.3. The fourth-order valence-electron chi connectivity index (χ4n) is 2.43. The van der Waals surface area contributed by atoms with Crippen molar-refractivity contribution < 1.29 is 14.3 Å². The monoisotopic (exact) mass is 287 g/mol. The summed E-state index contributed by atoms with van der Waals surface area (Å²) < 4.78 is 4.63. The van der Waals surface area contributed by atoms with Gasteiger partial charge in [0, 0.05) is 17.8 Å². The molecule has 1 fully saturated rings. The standard InChI is InChI=1S/C14H25NO3S/c1-4-12-7-5-6-8-15(12)13(16)10-19-11(2)9-14(17)18-3/h11-12H,4-10H2,1-3H3. The molecule has 0 aromatic heterocycles. The maximum absolute atomic E-state index is 12.2. The van der Waals surface area contributed by atoms with E-state index in [1.807, 2.05) is 11.8 Å². The van der Waals surface area contributed by atoms with Crippen LogP contribution < -0.4 is 0 Å². The van der Waals surface area contributed by atoms with Crippen molar-refractivity contribution in [3.8, 4) is 0 Å². The van der Waals surface area contributed by atoms with Crippen molar-refractivity contribution in [2.75, 3.05) is 19.4 Å². The number of hydrogen-bond donors (Lipinski definition) is 0. The summed E-state index contributed by atoms with van der Waals surface area (Å²) in [4.78, 5) is 25.4. The molecule has 0 saturated carbocycles. The molecule has 110 valence electrons. The maximum atomic E-state index is 12.2. The number of amides is 1. The summed E-state index contributed by atoms with van der Waals surface area (Å²) in [5.74, 6) is 0.472. The molecule has 1 rings (SSSR count). The van der Waals surface area contributed by atoms with E-state index in [-0.39, 0.29) is 17.1 Å². The first-order valence-electron chi connectivity index (χ1n) is 7.06. The van der Waals surface area contributed by atoms with E-state index in [0.717, 1.165) is 25.8 Å². The number of ether oxygens (including phenoxy) is 1. The second kappa shape index (κ2) is 8.46. The smallest absolute Gasteiger partial charge is 0.306 e. The molecule has 2 atom stereocenters. The van der Waals surface area contributed by atoms with Gasteiger partial charge in [0.1, 0.15) is 0 Å². The molecule has 2 unspecified atom stereocenters. The van der Waals surface area contributed by atoms with Gasteiger partial charge >= 0.3 is 5.97 Å². The normalized spacial score (nSPS) is 21.0. The van der Waals surface area contributed by atoms with E-state index in [1.54, 1.807) is 11.8 Å². The van der Waals surface area contributed by atoms with Crippen molar-refractivity contribution in [2.24, 2.45) is 0 Å². The Morgan fingerprint density at radius 3 is 2.79 bits per heavy atom. The molecule has 0 aromatic carbocycles. The van der Waals surface area contributed by atoms with Crippen LogP contribution in [0.5, 0.6) is 0 Å². The molecule has 0 radical (unpaired) electrons. The molecule has 0 bridgehead atoms. The Balaban J connectivity index is 2.35. The highest BCUT2D eigenvalue weighted by Crippen LogP contribution is 2.22. The van der Waals surface area contributed by atoms with E-state index in [0.29, 0.717) is 18.2 Å². The van der Waals surface area contributed by atoms with Crippen LogP contribution in [-0.4, -0.2) is 47.5 Å². The first-order valence-corrected chi connectivity index (χ1v) is 8.11. The number of thioether (sulfide) groups is 1. The van der Waals surface area contributed by atoms with Crippen molar-refractivity contribution in [3.05, 3.63) is 0 Å². The molecule has 5 heteroatoms. The first-order chi connectivity index (χ1) is 9.08. The van der Waals surface area contributed by atoms with Crippen LogP contribution in [0.15, 0.2) is 0 Å². The van der Waals surface area contributed by atoms with Gasteiger partial charge < -0.3 is 9.64 Å². The van der Waals surface area contributed by atoms with Gasteiger partial charge in [-0.15, -0.1) is 11.8 Å². The summed E-state index contributed by atoms with van der Waals surface area (Å²) in [5.41, 5.74) is 0. The number of nitrogens with zero attached hydrogens (tertiary/aromatic N) is 1. The lowest BCUT2D eigenvalue weighted by atomic mass is 10.0. The Hall–Kier alpha value is -0.710. The van der Waals surface area contributed by atoms with Gasteiger partial charge in [0.2, 0.25) is 5.91 Å². The van der Waals surface area contributed by atoms with E-state index >= 15 is 0 Å². The fourth-order valence-corrected chi connectivity index (χ4v) is 3.27. The Kier molecular flexibility index (Phi) is 7.28. The third-order valence-electron chi connectivity index (χ3n) is 3.59. The lowest BCUT2D eigenvalue weighted by molar-refractivity contribution is -0.140. The summed E-state index contributed by atoms with van der Waals surface area (Å²) in [5, 5.41) is 0.126. The summed E-state index contributed by atoms with van der Waals surface area (Å²) in [7, 11) is 1.39. The highest BCUT2D eigenvalue weighted by atomic mass is 32.2. The van der Waals surface area contributed by atoms with Crippen LogP contribution >= 0.6 is 11.8 Å². The number of carbonyl (C=O) groups excluding carboxylic acids is 2. The zero-order valence-electron chi connectivity index (χ0n) is 12.2. The molecule has 1 aliphatic heterocycles. The van der Waals surface area contributed by atoms with Crippen LogP contribution in [0.4, 0.5) is 0 Å². The van der Waals surface area contributed by atoms with Crippen LogP contribution in [0, 0.1) is 0 Å². The minimum absolute atomic E-state index is 0.126. The van der Waals surface area contributed by atoms with Gasteiger partial charge in [-0.2, -0.15) is 0 Å². The number of methoxy groups -OCH3 is 1. The average molecular weight is 287 g/mol. The Morgan fingerprint density at radius 1 is 1.42 bits per heavy atom. The molecule has 1 saturated heterocycles. The van der Waals surface area contributed by atoms with Crippen LogP contribution in [0.2, 0.25) is 0 Å². The lowest BCUT2D eigenvalue weighted by Crippen LogP contribution is -2.44. The highest BCUT2D eigenvalue weighted by Gasteiger charge is 2.25. The lowest BCUT2D eigenvalue weighted by Gasteiger charge is -2.35. The summed E-state index contributed by atoms with van der Waals surface area (Å²) >= 11 is 1.54. The average Bonchev–Trinajstić information content (AvgIpc) is 2.44. The van der Waals surface area contributed by atoms with Gasteiger partial charge in [-0.05, 0) is 25.7 Å². The van der Waals surface area contributed by atoms with E-state index in [1.165, 1.54) is 13.5 Å². The van der Waals surface area contributed by atoms with Gasteiger partial charge in [0.25, 0.3) is 0 Å². The minimum atomic E-state index is -0.211. The van der Waals surface area contributed by atoms with Gasteiger partial charge in [-0.25, -0.2) is 0 Å². The SMILES string of the molecule is CCC1CCCCN1C(=O)CSC(C)CC(=O)OC. The third kappa shape index (κ3) is 5.43. The molecule has 1 amide bonds. The number of esters is 1. The molecule has 4 nitrogen and oxygen atoms in total. The molecule has 0 N–H and O–H groups in total. The van der Waals surface area contributed by atoms with Crippen molar-refractivity contribution >= 4 is 23.6 Å². The maximum Gasteiger partial charge on any atom is 0.306 e. The topological polar surface area (TPSA) is 46.6 Å².